The Balaban J connectivity index is 1.88. The molecule has 0 aliphatic rings. The summed E-state index contributed by atoms with van der Waals surface area (Å²) in [6, 6.07) is 14.2. The first-order valence-electron chi connectivity index (χ1n) is 9.18. The van der Waals surface area contributed by atoms with Crippen LogP contribution < -0.4 is 5.56 Å². The van der Waals surface area contributed by atoms with Crippen LogP contribution in [-0.2, 0) is 13.1 Å². The molecular formula is C22H27N3O. The van der Waals surface area contributed by atoms with Crippen molar-refractivity contribution in [3.8, 4) is 0 Å². The van der Waals surface area contributed by atoms with Crippen molar-refractivity contribution in [2.24, 2.45) is 5.92 Å². The second kappa shape index (κ2) is 7.83. The van der Waals surface area contributed by atoms with Gasteiger partial charge in [0.2, 0.25) is 0 Å². The van der Waals surface area contributed by atoms with Crippen molar-refractivity contribution >= 4 is 5.65 Å². The Labute approximate surface area is 155 Å². The number of pyridine rings is 1. The largest absolute Gasteiger partial charge is 0.293 e. The third-order valence-electron chi connectivity index (χ3n) is 4.48. The van der Waals surface area contributed by atoms with Gasteiger partial charge in [0.05, 0.1) is 5.69 Å². The third-order valence-corrected chi connectivity index (χ3v) is 4.48. The summed E-state index contributed by atoms with van der Waals surface area (Å²) in [6.07, 6.45) is 1.78. The second-order valence-electron chi connectivity index (χ2n) is 7.52. The van der Waals surface area contributed by atoms with Gasteiger partial charge in [-0.25, -0.2) is 4.98 Å². The Bertz CT molecular complexity index is 942. The number of rotatable bonds is 6. The molecule has 0 saturated heterocycles. The van der Waals surface area contributed by atoms with Crippen molar-refractivity contribution in [2.45, 2.75) is 40.8 Å². The van der Waals surface area contributed by atoms with Crippen LogP contribution >= 0.6 is 0 Å². The van der Waals surface area contributed by atoms with Crippen molar-refractivity contribution in [1.29, 1.82) is 0 Å². The minimum Gasteiger partial charge on any atom is -0.293 e. The van der Waals surface area contributed by atoms with Crippen LogP contribution in [-0.4, -0.2) is 20.8 Å². The van der Waals surface area contributed by atoms with Crippen molar-refractivity contribution in [1.82, 2.24) is 14.3 Å². The Morgan fingerprint density at radius 2 is 1.81 bits per heavy atom. The lowest BCUT2D eigenvalue weighted by atomic mass is 10.1. The highest BCUT2D eigenvalue weighted by molar-refractivity contribution is 5.46. The highest BCUT2D eigenvalue weighted by Crippen LogP contribution is 2.13. The number of fused-ring (bicyclic) bond motifs is 1. The van der Waals surface area contributed by atoms with E-state index in [1.807, 2.05) is 19.1 Å². The van der Waals surface area contributed by atoms with Crippen LogP contribution in [0.5, 0.6) is 0 Å². The second-order valence-corrected chi connectivity index (χ2v) is 7.52. The maximum absolute atomic E-state index is 12.5. The molecule has 0 radical (unpaired) electrons. The molecule has 3 aromatic rings. The van der Waals surface area contributed by atoms with E-state index in [0.29, 0.717) is 12.5 Å². The fourth-order valence-corrected chi connectivity index (χ4v) is 3.27. The Morgan fingerprint density at radius 3 is 2.50 bits per heavy atom. The predicted molar refractivity (Wildman–Crippen MR) is 106 cm³/mol. The van der Waals surface area contributed by atoms with E-state index in [9.17, 15) is 4.79 Å². The first-order valence-corrected chi connectivity index (χ1v) is 9.18. The first kappa shape index (κ1) is 18.3. The van der Waals surface area contributed by atoms with Crippen LogP contribution in [0.1, 0.15) is 36.2 Å². The van der Waals surface area contributed by atoms with Crippen LogP contribution in [0.2, 0.25) is 0 Å². The van der Waals surface area contributed by atoms with Crippen LogP contribution in [0.25, 0.3) is 5.65 Å². The summed E-state index contributed by atoms with van der Waals surface area (Å²) in [6.45, 7) is 11.0. The summed E-state index contributed by atoms with van der Waals surface area (Å²) in [5.74, 6) is 0.545. The number of nitrogens with zero attached hydrogens (tertiary/aromatic N) is 3. The van der Waals surface area contributed by atoms with E-state index in [1.165, 1.54) is 11.1 Å². The zero-order valence-corrected chi connectivity index (χ0v) is 16.1. The smallest absolute Gasteiger partial charge is 0.258 e. The molecule has 1 aromatic carbocycles. The van der Waals surface area contributed by atoms with Gasteiger partial charge in [0.25, 0.3) is 5.56 Å². The summed E-state index contributed by atoms with van der Waals surface area (Å²) in [5, 5.41) is 0. The van der Waals surface area contributed by atoms with Crippen molar-refractivity contribution in [2.75, 3.05) is 6.54 Å². The normalized spacial score (nSPS) is 11.6. The summed E-state index contributed by atoms with van der Waals surface area (Å²) in [4.78, 5) is 19.6. The molecule has 0 aliphatic carbocycles. The lowest BCUT2D eigenvalue weighted by Crippen LogP contribution is -2.28. The van der Waals surface area contributed by atoms with Crippen molar-refractivity contribution in [3.63, 3.8) is 0 Å². The molecule has 136 valence electrons. The molecule has 0 N–H and O–H groups in total. The van der Waals surface area contributed by atoms with Gasteiger partial charge in [-0.15, -0.1) is 0 Å². The average Bonchev–Trinajstić information content (AvgIpc) is 2.57. The van der Waals surface area contributed by atoms with E-state index in [0.717, 1.165) is 30.0 Å². The van der Waals surface area contributed by atoms with Gasteiger partial charge in [0.1, 0.15) is 5.65 Å². The molecule has 4 nitrogen and oxygen atoms in total. The maximum atomic E-state index is 12.5. The monoisotopic (exact) mass is 349 g/mol. The number of aryl methyl sites for hydroxylation is 2. The molecule has 0 bridgehead atoms. The Kier molecular flexibility index (Phi) is 5.52. The summed E-state index contributed by atoms with van der Waals surface area (Å²) in [7, 11) is 0. The molecule has 0 fully saturated rings. The first-order chi connectivity index (χ1) is 12.4. The highest BCUT2D eigenvalue weighted by Gasteiger charge is 2.12. The molecule has 2 heterocycles. The van der Waals surface area contributed by atoms with E-state index in [1.54, 1.807) is 16.7 Å². The van der Waals surface area contributed by atoms with E-state index >= 15 is 0 Å². The molecule has 0 spiro atoms. The summed E-state index contributed by atoms with van der Waals surface area (Å²) in [5.41, 5.74) is 5.12. The van der Waals surface area contributed by atoms with Crippen molar-refractivity contribution in [3.05, 3.63) is 81.4 Å². The maximum Gasteiger partial charge on any atom is 0.258 e. The standard InChI is InChI=1S/C22H27N3O/c1-16(2)13-24(14-19-9-7-17(3)8-10-19)15-20-12-21(26)25-11-5-6-18(4)22(25)23-20/h5-12,16H,13-15H2,1-4H3. The van der Waals surface area contributed by atoms with Gasteiger partial charge in [-0.1, -0.05) is 49.7 Å². The number of hydrogen-bond acceptors (Lipinski definition) is 3. The fraction of sp³-hybridized carbons (Fsp3) is 0.364. The predicted octanol–water partition coefficient (Wildman–Crippen LogP) is 3.97. The van der Waals surface area contributed by atoms with Crippen LogP contribution in [0.3, 0.4) is 0 Å². The fourth-order valence-electron chi connectivity index (χ4n) is 3.27. The zero-order valence-electron chi connectivity index (χ0n) is 16.1. The molecule has 0 aliphatic heterocycles. The molecule has 4 heteroatoms. The zero-order chi connectivity index (χ0) is 18.7. The molecule has 0 amide bonds. The molecule has 0 saturated carbocycles. The quantitative estimate of drug-likeness (QED) is 0.676. The van der Waals surface area contributed by atoms with Gasteiger partial charge in [-0.2, -0.15) is 0 Å². The molecule has 0 atom stereocenters. The van der Waals surface area contributed by atoms with E-state index in [2.05, 4.69) is 49.9 Å². The lowest BCUT2D eigenvalue weighted by molar-refractivity contribution is 0.225. The molecule has 3 rings (SSSR count). The van der Waals surface area contributed by atoms with Crippen molar-refractivity contribution < 1.29 is 0 Å². The molecule has 26 heavy (non-hydrogen) atoms. The number of benzene rings is 1. The van der Waals surface area contributed by atoms with Gasteiger partial charge in [0.15, 0.2) is 0 Å². The minimum atomic E-state index is -0.0199. The summed E-state index contributed by atoms with van der Waals surface area (Å²) < 4.78 is 1.62. The number of hydrogen-bond donors (Lipinski definition) is 0. The number of aromatic nitrogens is 2. The summed E-state index contributed by atoms with van der Waals surface area (Å²) >= 11 is 0. The van der Waals surface area contributed by atoms with E-state index in [-0.39, 0.29) is 5.56 Å². The lowest BCUT2D eigenvalue weighted by Gasteiger charge is -2.24. The topological polar surface area (TPSA) is 37.6 Å². The van der Waals surface area contributed by atoms with Crippen LogP contribution in [0, 0.1) is 19.8 Å². The SMILES string of the molecule is Cc1ccc(CN(Cc2cc(=O)n3cccc(C)c3n2)CC(C)C)cc1. The van der Waals surface area contributed by atoms with Gasteiger partial charge < -0.3 is 0 Å². The Hall–Kier alpha value is -2.46. The molecule has 0 unspecified atom stereocenters. The highest BCUT2D eigenvalue weighted by atomic mass is 16.1. The average molecular weight is 349 g/mol. The van der Waals surface area contributed by atoms with Gasteiger partial charge in [-0.05, 0) is 37.0 Å². The minimum absolute atomic E-state index is 0.0199. The Morgan fingerprint density at radius 1 is 1.08 bits per heavy atom. The molecule has 2 aromatic heterocycles. The van der Waals surface area contributed by atoms with E-state index < -0.39 is 0 Å². The van der Waals surface area contributed by atoms with Crippen LogP contribution in [0.15, 0.2) is 53.5 Å². The van der Waals surface area contributed by atoms with Crippen LogP contribution in [0.4, 0.5) is 0 Å². The third kappa shape index (κ3) is 4.38. The van der Waals surface area contributed by atoms with Gasteiger partial charge >= 0.3 is 0 Å². The van der Waals surface area contributed by atoms with Gasteiger partial charge in [0, 0.05) is 31.9 Å². The van der Waals surface area contributed by atoms with E-state index in [4.69, 9.17) is 4.98 Å². The molecular weight excluding hydrogens is 322 g/mol. The van der Waals surface area contributed by atoms with Gasteiger partial charge in [-0.3, -0.25) is 14.1 Å².